The molecule has 8 nitrogen and oxygen atoms in total. The molecule has 0 unspecified atom stereocenters. The Morgan fingerprint density at radius 1 is 1.22 bits per heavy atom. The molecule has 1 aromatic heterocycles. The maximum absolute atomic E-state index is 13.2. The van der Waals surface area contributed by atoms with Gasteiger partial charge in [0.15, 0.2) is 0 Å². The Balaban J connectivity index is 1.89. The monoisotopic (exact) mass is 509 g/mol. The molecule has 2 N–H and O–H groups in total. The van der Waals surface area contributed by atoms with Gasteiger partial charge in [0.2, 0.25) is 5.91 Å². The molecule has 2 amide bonds. The number of hydrogen-bond donors (Lipinski definition) is 2. The summed E-state index contributed by atoms with van der Waals surface area (Å²) in [5, 5.41) is 8.11. The van der Waals surface area contributed by atoms with E-state index >= 15 is 0 Å². The molecule has 1 aromatic carbocycles. The Bertz CT molecular complexity index is 1130. The van der Waals surface area contributed by atoms with Crippen LogP contribution in [0.15, 0.2) is 46.8 Å². The summed E-state index contributed by atoms with van der Waals surface area (Å²) in [6, 6.07) is 11.4. The molecule has 2 heterocycles. The van der Waals surface area contributed by atoms with Gasteiger partial charge >= 0.3 is 0 Å². The molecule has 0 spiro atoms. The minimum atomic E-state index is -0.302. The first-order valence-electron chi connectivity index (χ1n) is 12.2. The average molecular weight is 510 g/mol. The molecule has 2 aromatic rings. The van der Waals surface area contributed by atoms with Crippen LogP contribution in [0.2, 0.25) is 0 Å². The van der Waals surface area contributed by atoms with Crippen molar-refractivity contribution in [1.82, 2.24) is 15.2 Å². The first kappa shape index (κ1) is 27.3. The molecule has 0 fully saturated rings. The number of hydrogen-bond acceptors (Lipinski definition) is 6. The minimum Gasteiger partial charge on any atom is -0.491 e. The van der Waals surface area contributed by atoms with Crippen LogP contribution in [0.5, 0.6) is 5.75 Å². The summed E-state index contributed by atoms with van der Waals surface area (Å²) in [4.78, 5) is 35.6. The van der Waals surface area contributed by atoms with Crippen molar-refractivity contribution in [2.24, 2.45) is 4.99 Å². The number of rotatable bonds is 10. The van der Waals surface area contributed by atoms with Gasteiger partial charge < -0.3 is 20.3 Å². The standard InChI is InChI=1S/C27H35N5O3S/c1-6-28-25-15-22(14-19(4)30-25)27(34)31-26-17-36-16-24(32(26)13-7-12-29-20(5)33)21-8-10-23(11-9-21)35-18(2)3/h8-11,14-16,18H,6-7,12-13,17H2,1-5H3,(H,28,30)(H,29,33). The van der Waals surface area contributed by atoms with Crippen LogP contribution in [0.3, 0.4) is 0 Å². The average Bonchev–Trinajstić information content (AvgIpc) is 2.82. The van der Waals surface area contributed by atoms with Crippen molar-refractivity contribution in [2.45, 2.75) is 47.1 Å². The third-order valence-corrected chi connectivity index (χ3v) is 6.07. The maximum atomic E-state index is 13.2. The Kier molecular flexibility index (Phi) is 9.93. The number of thioether (sulfide) groups is 1. The highest BCUT2D eigenvalue weighted by molar-refractivity contribution is 8.03. The van der Waals surface area contributed by atoms with E-state index in [0.717, 1.165) is 22.7 Å². The zero-order chi connectivity index (χ0) is 26.1. The Morgan fingerprint density at radius 2 is 1.97 bits per heavy atom. The van der Waals surface area contributed by atoms with E-state index in [4.69, 9.17) is 4.74 Å². The first-order chi connectivity index (χ1) is 17.3. The Morgan fingerprint density at radius 3 is 2.64 bits per heavy atom. The highest BCUT2D eigenvalue weighted by Gasteiger charge is 2.23. The van der Waals surface area contributed by atoms with Crippen LogP contribution in [0.4, 0.5) is 5.82 Å². The van der Waals surface area contributed by atoms with Crippen LogP contribution in [-0.2, 0) is 4.79 Å². The fourth-order valence-electron chi connectivity index (χ4n) is 3.77. The van der Waals surface area contributed by atoms with Gasteiger partial charge in [-0.1, -0.05) is 0 Å². The lowest BCUT2D eigenvalue weighted by atomic mass is 10.1. The number of amides is 2. The molecule has 0 radical (unpaired) electrons. The van der Waals surface area contributed by atoms with Gasteiger partial charge in [-0.05, 0) is 81.5 Å². The summed E-state index contributed by atoms with van der Waals surface area (Å²) in [5.74, 6) is 2.37. The number of ether oxygens (including phenoxy) is 1. The Labute approximate surface area is 217 Å². The molecule has 0 bridgehead atoms. The van der Waals surface area contributed by atoms with Gasteiger partial charge in [-0.25, -0.2) is 4.98 Å². The summed E-state index contributed by atoms with van der Waals surface area (Å²) in [6.45, 7) is 11.2. The van der Waals surface area contributed by atoms with Gasteiger partial charge in [-0.3, -0.25) is 9.59 Å². The summed E-state index contributed by atoms with van der Waals surface area (Å²) in [5.41, 5.74) is 3.23. The number of aromatic nitrogens is 1. The van der Waals surface area contributed by atoms with Crippen molar-refractivity contribution >= 4 is 40.9 Å². The number of aryl methyl sites for hydroxylation is 1. The largest absolute Gasteiger partial charge is 0.491 e. The van der Waals surface area contributed by atoms with Crippen molar-refractivity contribution in [2.75, 3.05) is 30.7 Å². The summed E-state index contributed by atoms with van der Waals surface area (Å²) in [6.07, 6.45) is 0.808. The lowest BCUT2D eigenvalue weighted by Crippen LogP contribution is -2.36. The van der Waals surface area contributed by atoms with Gasteiger partial charge in [0.1, 0.15) is 17.4 Å². The zero-order valence-electron chi connectivity index (χ0n) is 21.6. The molecule has 0 saturated carbocycles. The Hall–Kier alpha value is -3.33. The quantitative estimate of drug-likeness (QED) is 0.447. The van der Waals surface area contributed by atoms with Crippen molar-refractivity contribution in [3.05, 3.63) is 58.6 Å². The minimum absolute atomic E-state index is 0.0608. The molecule has 0 atom stereocenters. The van der Waals surface area contributed by atoms with Gasteiger partial charge in [0.05, 0.1) is 17.6 Å². The van der Waals surface area contributed by atoms with Gasteiger partial charge in [-0.15, -0.1) is 11.8 Å². The lowest BCUT2D eigenvalue weighted by molar-refractivity contribution is -0.118. The topological polar surface area (TPSA) is 95.9 Å². The van der Waals surface area contributed by atoms with E-state index in [1.807, 2.05) is 52.0 Å². The lowest BCUT2D eigenvalue weighted by Gasteiger charge is -2.32. The molecular weight excluding hydrogens is 474 g/mol. The summed E-state index contributed by atoms with van der Waals surface area (Å²) < 4.78 is 5.79. The van der Waals surface area contributed by atoms with E-state index in [1.54, 1.807) is 23.9 Å². The third kappa shape index (κ3) is 7.84. The number of nitrogens with zero attached hydrogens (tertiary/aromatic N) is 3. The van der Waals surface area contributed by atoms with E-state index in [9.17, 15) is 9.59 Å². The van der Waals surface area contributed by atoms with Crippen LogP contribution in [0.25, 0.3) is 5.70 Å². The van der Waals surface area contributed by atoms with Crippen molar-refractivity contribution in [3.63, 3.8) is 0 Å². The molecule has 0 aliphatic carbocycles. The first-order valence-corrected chi connectivity index (χ1v) is 13.3. The van der Waals surface area contributed by atoms with Crippen LogP contribution in [0, 0.1) is 6.92 Å². The molecule has 9 heteroatoms. The van der Waals surface area contributed by atoms with Gasteiger partial charge in [0, 0.05) is 37.8 Å². The number of pyridine rings is 1. The smallest absolute Gasteiger partial charge is 0.278 e. The number of anilines is 1. The SMILES string of the molecule is CCNc1cc(C(=O)N=C2CSC=C(c3ccc(OC(C)C)cc3)N2CCCNC(C)=O)cc(C)n1. The second kappa shape index (κ2) is 13.1. The van der Waals surface area contributed by atoms with E-state index in [-0.39, 0.29) is 17.9 Å². The molecule has 0 saturated heterocycles. The number of carbonyl (C=O) groups is 2. The van der Waals surface area contributed by atoms with Crippen molar-refractivity contribution in [3.8, 4) is 5.75 Å². The number of nitrogens with one attached hydrogen (secondary N) is 2. The van der Waals surface area contributed by atoms with Crippen LogP contribution in [0.1, 0.15) is 55.7 Å². The normalized spacial score (nSPS) is 14.6. The van der Waals surface area contributed by atoms with Gasteiger partial charge in [0.25, 0.3) is 5.91 Å². The van der Waals surface area contributed by atoms with Crippen molar-refractivity contribution in [1.29, 1.82) is 0 Å². The predicted octanol–water partition coefficient (Wildman–Crippen LogP) is 4.72. The van der Waals surface area contributed by atoms with Crippen molar-refractivity contribution < 1.29 is 14.3 Å². The van der Waals surface area contributed by atoms with E-state index < -0.39 is 0 Å². The molecule has 1 aliphatic rings. The molecular formula is C27H35N5O3S. The van der Waals surface area contributed by atoms with Gasteiger partial charge in [-0.2, -0.15) is 4.99 Å². The van der Waals surface area contributed by atoms with Crippen LogP contribution in [-0.4, -0.2) is 59.0 Å². The molecule has 192 valence electrons. The third-order valence-electron chi connectivity index (χ3n) is 5.25. The fourth-order valence-corrected chi connectivity index (χ4v) is 4.64. The van der Waals surface area contributed by atoms with Crippen LogP contribution >= 0.6 is 11.8 Å². The zero-order valence-corrected chi connectivity index (χ0v) is 22.4. The number of aliphatic imine (C=N–C) groups is 1. The highest BCUT2D eigenvalue weighted by Crippen LogP contribution is 2.30. The van der Waals surface area contributed by atoms with Crippen LogP contribution < -0.4 is 15.4 Å². The molecule has 3 rings (SSSR count). The number of benzene rings is 1. The molecule has 36 heavy (non-hydrogen) atoms. The summed E-state index contributed by atoms with van der Waals surface area (Å²) in [7, 11) is 0. The molecule has 1 aliphatic heterocycles. The van der Waals surface area contributed by atoms with E-state index in [0.29, 0.717) is 49.0 Å². The number of carbonyl (C=O) groups excluding carboxylic acids is 2. The second-order valence-electron chi connectivity index (χ2n) is 8.74. The number of amidine groups is 1. The predicted molar refractivity (Wildman–Crippen MR) is 148 cm³/mol. The summed E-state index contributed by atoms with van der Waals surface area (Å²) >= 11 is 1.61. The fraction of sp³-hybridized carbons (Fsp3) is 0.407. The highest BCUT2D eigenvalue weighted by atomic mass is 32.2. The second-order valence-corrected chi connectivity index (χ2v) is 9.60. The van der Waals surface area contributed by atoms with E-state index in [1.165, 1.54) is 6.92 Å². The van der Waals surface area contributed by atoms with E-state index in [2.05, 4.69) is 30.9 Å². The maximum Gasteiger partial charge on any atom is 0.278 e.